The summed E-state index contributed by atoms with van der Waals surface area (Å²) in [5, 5.41) is 0.361. The molecule has 33 heavy (non-hydrogen) atoms. The average molecular weight is 480 g/mol. The van der Waals surface area contributed by atoms with E-state index < -0.39 is 9.84 Å². The van der Waals surface area contributed by atoms with Gasteiger partial charge in [0, 0.05) is 31.9 Å². The van der Waals surface area contributed by atoms with Gasteiger partial charge in [-0.2, -0.15) is 4.98 Å². The van der Waals surface area contributed by atoms with E-state index in [1.54, 1.807) is 48.5 Å². The maximum Gasteiger partial charge on any atom is 0.236 e. The van der Waals surface area contributed by atoms with Gasteiger partial charge in [-0.15, -0.1) is 0 Å². The van der Waals surface area contributed by atoms with Gasteiger partial charge in [0.2, 0.25) is 26.6 Å². The van der Waals surface area contributed by atoms with E-state index in [4.69, 9.17) is 16.0 Å². The number of benzene rings is 3. The Morgan fingerprint density at radius 1 is 0.758 bits per heavy atom. The van der Waals surface area contributed by atoms with E-state index in [1.807, 2.05) is 29.2 Å². The van der Waals surface area contributed by atoms with Gasteiger partial charge in [-0.05, 0) is 36.4 Å². The van der Waals surface area contributed by atoms with Crippen LogP contribution >= 0.6 is 11.6 Å². The number of rotatable bonds is 5. The molecule has 0 unspecified atom stereocenters. The lowest BCUT2D eigenvalue weighted by atomic mass is 10.2. The number of nitrogens with zero attached hydrogens (tertiary/aromatic N) is 3. The molecule has 4 aromatic rings. The van der Waals surface area contributed by atoms with Crippen LogP contribution in [0.4, 0.5) is 11.6 Å². The van der Waals surface area contributed by atoms with Crippen molar-refractivity contribution in [3.8, 4) is 11.5 Å². The van der Waals surface area contributed by atoms with E-state index in [9.17, 15) is 8.42 Å². The van der Waals surface area contributed by atoms with E-state index in [0.717, 1.165) is 18.8 Å². The molecule has 1 fully saturated rings. The van der Waals surface area contributed by atoms with Crippen LogP contribution in [-0.2, 0) is 9.84 Å². The van der Waals surface area contributed by atoms with E-state index in [1.165, 1.54) is 0 Å². The minimum atomic E-state index is -3.89. The Morgan fingerprint density at radius 2 is 1.33 bits per heavy atom. The predicted octanol–water partition coefficient (Wildman–Crippen LogP) is 5.15. The van der Waals surface area contributed by atoms with Gasteiger partial charge in [-0.1, -0.05) is 60.1 Å². The summed E-state index contributed by atoms with van der Waals surface area (Å²) in [6.07, 6.45) is 0. The van der Waals surface area contributed by atoms with Crippen LogP contribution in [0, 0.1) is 0 Å². The summed E-state index contributed by atoms with van der Waals surface area (Å²) in [7, 11) is -3.89. The molecule has 1 saturated heterocycles. The van der Waals surface area contributed by atoms with E-state index >= 15 is 0 Å². The third kappa shape index (κ3) is 4.21. The predicted molar refractivity (Wildman–Crippen MR) is 130 cm³/mol. The van der Waals surface area contributed by atoms with E-state index in [-0.39, 0.29) is 21.7 Å². The summed E-state index contributed by atoms with van der Waals surface area (Å²) in [5.74, 6) is 0.442. The molecule has 0 radical (unpaired) electrons. The molecular formula is C25H22ClN3O3S. The normalized spacial score (nSPS) is 14.5. The van der Waals surface area contributed by atoms with Crippen molar-refractivity contribution >= 4 is 33.0 Å². The topological polar surface area (TPSA) is 66.7 Å². The zero-order chi connectivity index (χ0) is 22.8. The molecule has 0 amide bonds. The van der Waals surface area contributed by atoms with Crippen LogP contribution in [0.25, 0.3) is 11.5 Å². The van der Waals surface area contributed by atoms with Crippen LogP contribution in [0.3, 0.4) is 0 Å². The fourth-order valence-corrected chi connectivity index (χ4v) is 5.50. The van der Waals surface area contributed by atoms with Crippen LogP contribution < -0.4 is 9.80 Å². The van der Waals surface area contributed by atoms with Crippen molar-refractivity contribution in [1.82, 2.24) is 4.98 Å². The Hall–Kier alpha value is -3.29. The fraction of sp³-hybridized carbons (Fsp3) is 0.160. The highest BCUT2D eigenvalue weighted by Gasteiger charge is 2.33. The minimum Gasteiger partial charge on any atom is -0.419 e. The van der Waals surface area contributed by atoms with Gasteiger partial charge in [-0.25, -0.2) is 8.42 Å². The van der Waals surface area contributed by atoms with Crippen LogP contribution in [0.15, 0.2) is 99.3 Å². The molecule has 0 saturated carbocycles. The maximum absolute atomic E-state index is 13.5. The molecule has 0 spiro atoms. The molecule has 1 aliphatic heterocycles. The molecule has 1 aliphatic rings. The first-order chi connectivity index (χ1) is 16.0. The number of sulfone groups is 1. The number of aromatic nitrogens is 1. The SMILES string of the molecule is O=S(=O)(c1ccccc1)c1nc(-c2ccccc2Cl)oc1N1CCN(c2ccccc2)CC1. The second-order valence-electron chi connectivity index (χ2n) is 7.74. The van der Waals surface area contributed by atoms with Gasteiger partial charge in [-0.3, -0.25) is 0 Å². The van der Waals surface area contributed by atoms with Crippen molar-refractivity contribution in [3.05, 3.63) is 90.0 Å². The van der Waals surface area contributed by atoms with Crippen molar-refractivity contribution in [2.45, 2.75) is 9.92 Å². The standard InChI is InChI=1S/C25H22ClN3O3S/c26-22-14-8-7-13-21(22)23-27-24(33(30,31)20-11-5-2-6-12-20)25(32-23)29-17-15-28(16-18-29)19-9-3-1-4-10-19/h1-14H,15-18H2. The molecule has 3 aromatic carbocycles. The first-order valence-corrected chi connectivity index (χ1v) is 12.5. The molecule has 0 bridgehead atoms. The number of oxazole rings is 1. The maximum atomic E-state index is 13.5. The number of hydrogen-bond donors (Lipinski definition) is 0. The summed E-state index contributed by atoms with van der Waals surface area (Å²) in [5.41, 5.74) is 1.70. The quantitative estimate of drug-likeness (QED) is 0.394. The van der Waals surface area contributed by atoms with Gasteiger partial charge in [0.15, 0.2) is 0 Å². The Kier molecular flexibility index (Phi) is 5.83. The lowest BCUT2D eigenvalue weighted by molar-refractivity contribution is 0.525. The van der Waals surface area contributed by atoms with Gasteiger partial charge in [0.25, 0.3) is 0 Å². The molecule has 1 aromatic heterocycles. The smallest absolute Gasteiger partial charge is 0.236 e. The number of piperazine rings is 1. The molecule has 168 valence electrons. The summed E-state index contributed by atoms with van der Waals surface area (Å²) in [6.45, 7) is 2.67. The first kappa shape index (κ1) is 21.6. The van der Waals surface area contributed by atoms with Crippen LogP contribution in [0.5, 0.6) is 0 Å². The lowest BCUT2D eigenvalue weighted by Gasteiger charge is -2.36. The highest BCUT2D eigenvalue weighted by molar-refractivity contribution is 7.91. The van der Waals surface area contributed by atoms with E-state index in [2.05, 4.69) is 22.0 Å². The number of para-hydroxylation sites is 1. The minimum absolute atomic E-state index is 0.0863. The molecule has 5 rings (SSSR count). The highest BCUT2D eigenvalue weighted by atomic mass is 35.5. The Labute approximate surface area is 198 Å². The van der Waals surface area contributed by atoms with Gasteiger partial charge in [0.1, 0.15) is 0 Å². The number of anilines is 2. The molecule has 2 heterocycles. The van der Waals surface area contributed by atoms with E-state index in [0.29, 0.717) is 23.7 Å². The molecule has 8 heteroatoms. The Bertz CT molecular complexity index is 1350. The molecule has 0 atom stereocenters. The summed E-state index contributed by atoms with van der Waals surface area (Å²) < 4.78 is 33.1. The average Bonchev–Trinajstić information content (AvgIpc) is 3.32. The summed E-state index contributed by atoms with van der Waals surface area (Å²) in [6, 6.07) is 25.6. The van der Waals surface area contributed by atoms with Gasteiger partial charge >= 0.3 is 0 Å². The molecule has 0 N–H and O–H groups in total. The van der Waals surface area contributed by atoms with Gasteiger partial charge in [0.05, 0.1) is 15.5 Å². The summed E-state index contributed by atoms with van der Waals surface area (Å²) >= 11 is 6.35. The summed E-state index contributed by atoms with van der Waals surface area (Å²) in [4.78, 5) is 8.84. The Balaban J connectivity index is 1.53. The zero-order valence-electron chi connectivity index (χ0n) is 17.8. The van der Waals surface area contributed by atoms with Crippen LogP contribution in [0.2, 0.25) is 5.02 Å². The van der Waals surface area contributed by atoms with Crippen molar-refractivity contribution in [2.24, 2.45) is 0 Å². The largest absolute Gasteiger partial charge is 0.419 e. The molecular weight excluding hydrogens is 458 g/mol. The second kappa shape index (κ2) is 8.92. The third-order valence-corrected chi connectivity index (χ3v) is 7.68. The number of halogens is 1. The van der Waals surface area contributed by atoms with Crippen molar-refractivity contribution < 1.29 is 12.8 Å². The Morgan fingerprint density at radius 3 is 2.00 bits per heavy atom. The zero-order valence-corrected chi connectivity index (χ0v) is 19.3. The lowest BCUT2D eigenvalue weighted by Crippen LogP contribution is -2.46. The monoisotopic (exact) mass is 479 g/mol. The second-order valence-corrected chi connectivity index (χ2v) is 10.0. The molecule has 6 nitrogen and oxygen atoms in total. The van der Waals surface area contributed by atoms with Gasteiger partial charge < -0.3 is 14.2 Å². The van der Waals surface area contributed by atoms with Crippen molar-refractivity contribution in [3.63, 3.8) is 0 Å². The molecule has 0 aliphatic carbocycles. The van der Waals surface area contributed by atoms with Crippen molar-refractivity contribution in [1.29, 1.82) is 0 Å². The first-order valence-electron chi connectivity index (χ1n) is 10.6. The van der Waals surface area contributed by atoms with Crippen LogP contribution in [0.1, 0.15) is 0 Å². The van der Waals surface area contributed by atoms with Crippen LogP contribution in [-0.4, -0.2) is 39.6 Å². The number of hydrogen-bond acceptors (Lipinski definition) is 6. The fourth-order valence-electron chi connectivity index (χ4n) is 3.94. The third-order valence-electron chi connectivity index (χ3n) is 5.68. The highest BCUT2D eigenvalue weighted by Crippen LogP contribution is 2.37. The van der Waals surface area contributed by atoms with Crippen molar-refractivity contribution in [2.75, 3.05) is 36.0 Å².